The highest BCUT2D eigenvalue weighted by Gasteiger charge is 2.34. The van der Waals surface area contributed by atoms with Crippen LogP contribution < -0.4 is 14.4 Å². The van der Waals surface area contributed by atoms with Gasteiger partial charge in [0.05, 0.1) is 20.3 Å². The maximum absolute atomic E-state index is 13.6. The third kappa shape index (κ3) is 3.63. The Bertz CT molecular complexity index is 1050. The molecule has 1 aliphatic heterocycles. The minimum Gasteiger partial charge on any atom is -0.493 e. The second-order valence-corrected chi connectivity index (χ2v) is 8.50. The molecule has 2 aromatic carbocycles. The highest BCUT2D eigenvalue weighted by Crippen LogP contribution is 2.42. The minimum absolute atomic E-state index is 0.0394. The number of thiophene rings is 1. The second-order valence-electron chi connectivity index (χ2n) is 7.52. The van der Waals surface area contributed by atoms with Crippen molar-refractivity contribution in [1.29, 1.82) is 0 Å². The molecule has 156 valence electrons. The van der Waals surface area contributed by atoms with Crippen molar-refractivity contribution in [2.45, 2.75) is 12.5 Å². The van der Waals surface area contributed by atoms with Gasteiger partial charge in [0.1, 0.15) is 0 Å². The number of fused-ring (bicyclic) bond motifs is 1. The lowest BCUT2D eigenvalue weighted by atomic mass is 9.90. The van der Waals surface area contributed by atoms with Gasteiger partial charge in [0.25, 0.3) is 5.91 Å². The van der Waals surface area contributed by atoms with Crippen molar-refractivity contribution >= 4 is 22.9 Å². The molecule has 3 aromatic rings. The Morgan fingerprint density at radius 1 is 1.07 bits per heavy atom. The summed E-state index contributed by atoms with van der Waals surface area (Å²) in [6.07, 6.45) is 0.774. The quantitative estimate of drug-likeness (QED) is 0.602. The van der Waals surface area contributed by atoms with Crippen molar-refractivity contribution in [1.82, 2.24) is 4.90 Å². The highest BCUT2D eigenvalue weighted by atomic mass is 32.1. The van der Waals surface area contributed by atoms with Crippen LogP contribution in [-0.2, 0) is 6.42 Å². The number of nitrogens with zero attached hydrogens (tertiary/aromatic N) is 2. The van der Waals surface area contributed by atoms with Gasteiger partial charge in [-0.2, -0.15) is 0 Å². The van der Waals surface area contributed by atoms with E-state index in [0.717, 1.165) is 28.3 Å². The summed E-state index contributed by atoms with van der Waals surface area (Å²) in [5, 5.41) is 2.06. The molecule has 0 unspecified atom stereocenters. The fourth-order valence-electron chi connectivity index (χ4n) is 4.00. The molecule has 0 aliphatic carbocycles. The molecule has 0 bridgehead atoms. The summed E-state index contributed by atoms with van der Waals surface area (Å²) >= 11 is 1.67. The monoisotopic (exact) mass is 422 g/mol. The Labute approximate surface area is 181 Å². The Morgan fingerprint density at radius 3 is 2.50 bits per heavy atom. The van der Waals surface area contributed by atoms with Crippen molar-refractivity contribution < 1.29 is 14.3 Å². The largest absolute Gasteiger partial charge is 0.493 e. The van der Waals surface area contributed by atoms with Crippen molar-refractivity contribution in [2.75, 3.05) is 39.8 Å². The van der Waals surface area contributed by atoms with Gasteiger partial charge in [0, 0.05) is 36.8 Å². The van der Waals surface area contributed by atoms with E-state index in [0.29, 0.717) is 17.9 Å². The van der Waals surface area contributed by atoms with Crippen molar-refractivity contribution in [3.8, 4) is 11.5 Å². The van der Waals surface area contributed by atoms with E-state index >= 15 is 0 Å². The molecule has 1 amide bonds. The SMILES string of the molecule is COc1cc2c(cc1OC)[C@@H](c1cccs1)N(C(=O)c1cccc(N(C)C)c1)CC2. The number of rotatable bonds is 5. The molecule has 2 heterocycles. The first-order valence-electron chi connectivity index (χ1n) is 9.90. The molecule has 1 atom stereocenters. The van der Waals surface area contributed by atoms with Crippen LogP contribution in [0.1, 0.15) is 32.4 Å². The summed E-state index contributed by atoms with van der Waals surface area (Å²) in [7, 11) is 7.25. The van der Waals surface area contributed by atoms with Crippen LogP contribution in [-0.4, -0.2) is 45.7 Å². The Hall–Kier alpha value is -2.99. The summed E-state index contributed by atoms with van der Waals surface area (Å²) in [4.78, 5) is 18.8. The molecular weight excluding hydrogens is 396 g/mol. The molecule has 0 saturated carbocycles. The summed E-state index contributed by atoms with van der Waals surface area (Å²) in [6, 6.07) is 15.8. The first-order valence-corrected chi connectivity index (χ1v) is 10.8. The van der Waals surface area contributed by atoms with Gasteiger partial charge in [-0.05, 0) is 59.3 Å². The number of carbonyl (C=O) groups is 1. The van der Waals surface area contributed by atoms with Gasteiger partial charge in [-0.3, -0.25) is 4.79 Å². The lowest BCUT2D eigenvalue weighted by molar-refractivity contribution is 0.0697. The van der Waals surface area contributed by atoms with E-state index in [2.05, 4.69) is 11.4 Å². The molecular formula is C24H26N2O3S. The van der Waals surface area contributed by atoms with E-state index in [1.165, 1.54) is 5.56 Å². The fraction of sp³-hybridized carbons (Fsp3) is 0.292. The van der Waals surface area contributed by atoms with Crippen LogP contribution in [0.3, 0.4) is 0 Å². The Kier molecular flexibility index (Phi) is 5.68. The fourth-order valence-corrected chi connectivity index (χ4v) is 4.86. The first kappa shape index (κ1) is 20.3. The normalized spacial score (nSPS) is 15.5. The van der Waals surface area contributed by atoms with E-state index in [9.17, 15) is 4.79 Å². The third-order valence-corrected chi connectivity index (χ3v) is 6.48. The van der Waals surface area contributed by atoms with Gasteiger partial charge >= 0.3 is 0 Å². The molecule has 6 heteroatoms. The smallest absolute Gasteiger partial charge is 0.254 e. The number of ether oxygens (including phenoxy) is 2. The van der Waals surface area contributed by atoms with E-state index < -0.39 is 0 Å². The number of hydrogen-bond donors (Lipinski definition) is 0. The van der Waals surface area contributed by atoms with Gasteiger partial charge in [-0.15, -0.1) is 11.3 Å². The van der Waals surface area contributed by atoms with Crippen molar-refractivity contribution in [3.63, 3.8) is 0 Å². The standard InChI is InChI=1S/C24H26N2O3S/c1-25(2)18-8-5-7-17(13-18)24(27)26-11-10-16-14-20(28-3)21(29-4)15-19(16)23(26)22-9-6-12-30-22/h5-9,12-15,23H,10-11H2,1-4H3/t23-/m0/s1. The summed E-state index contributed by atoms with van der Waals surface area (Å²) < 4.78 is 11.1. The Morgan fingerprint density at radius 2 is 1.83 bits per heavy atom. The molecule has 0 spiro atoms. The maximum Gasteiger partial charge on any atom is 0.254 e. The van der Waals surface area contributed by atoms with Gasteiger partial charge in [0.15, 0.2) is 11.5 Å². The number of amides is 1. The van der Waals surface area contributed by atoms with Crippen LogP contribution in [0.25, 0.3) is 0 Å². The van der Waals surface area contributed by atoms with Crippen LogP contribution in [0.4, 0.5) is 5.69 Å². The molecule has 1 aliphatic rings. The van der Waals surface area contributed by atoms with Gasteiger partial charge in [0.2, 0.25) is 0 Å². The zero-order chi connectivity index (χ0) is 21.3. The van der Waals surface area contributed by atoms with E-state index in [1.807, 2.05) is 66.4 Å². The van der Waals surface area contributed by atoms with Gasteiger partial charge in [-0.25, -0.2) is 0 Å². The van der Waals surface area contributed by atoms with Crippen molar-refractivity contribution in [3.05, 3.63) is 75.5 Å². The molecule has 0 radical (unpaired) electrons. The van der Waals surface area contributed by atoms with Crippen molar-refractivity contribution in [2.24, 2.45) is 0 Å². The number of methoxy groups -OCH3 is 2. The lowest BCUT2D eigenvalue weighted by Gasteiger charge is -2.37. The average molecular weight is 423 g/mol. The number of carbonyl (C=O) groups excluding carboxylic acids is 1. The van der Waals surface area contributed by atoms with Gasteiger partial charge in [-0.1, -0.05) is 12.1 Å². The van der Waals surface area contributed by atoms with Crippen LogP contribution in [0, 0.1) is 0 Å². The topological polar surface area (TPSA) is 42.0 Å². The van der Waals surface area contributed by atoms with Crippen LogP contribution in [0.2, 0.25) is 0 Å². The van der Waals surface area contributed by atoms with E-state index in [1.54, 1.807) is 25.6 Å². The zero-order valence-corrected chi connectivity index (χ0v) is 18.5. The Balaban J connectivity index is 1.79. The molecule has 4 rings (SSSR count). The summed E-state index contributed by atoms with van der Waals surface area (Å²) in [5.74, 6) is 1.44. The number of benzene rings is 2. The predicted molar refractivity (Wildman–Crippen MR) is 121 cm³/mol. The van der Waals surface area contributed by atoms with E-state index in [-0.39, 0.29) is 11.9 Å². The lowest BCUT2D eigenvalue weighted by Crippen LogP contribution is -2.40. The summed E-state index contributed by atoms with van der Waals surface area (Å²) in [5.41, 5.74) is 4.00. The van der Waals surface area contributed by atoms with Gasteiger partial charge < -0.3 is 19.3 Å². The zero-order valence-electron chi connectivity index (χ0n) is 17.7. The highest BCUT2D eigenvalue weighted by molar-refractivity contribution is 7.10. The maximum atomic E-state index is 13.6. The molecule has 5 nitrogen and oxygen atoms in total. The number of anilines is 1. The molecule has 0 saturated heterocycles. The number of hydrogen-bond acceptors (Lipinski definition) is 5. The minimum atomic E-state index is -0.149. The molecule has 0 N–H and O–H groups in total. The third-order valence-electron chi connectivity index (χ3n) is 5.56. The summed E-state index contributed by atoms with van der Waals surface area (Å²) in [6.45, 7) is 0.649. The molecule has 30 heavy (non-hydrogen) atoms. The predicted octanol–water partition coefficient (Wildman–Crippen LogP) is 4.62. The van der Waals surface area contributed by atoms with E-state index in [4.69, 9.17) is 9.47 Å². The molecule has 0 fully saturated rings. The van der Waals surface area contributed by atoms with Crippen LogP contribution >= 0.6 is 11.3 Å². The molecule has 1 aromatic heterocycles. The van der Waals surface area contributed by atoms with Crippen LogP contribution in [0.5, 0.6) is 11.5 Å². The van der Waals surface area contributed by atoms with Crippen LogP contribution in [0.15, 0.2) is 53.9 Å². The average Bonchev–Trinajstić information content (AvgIpc) is 3.31. The second kappa shape index (κ2) is 8.40. The first-order chi connectivity index (χ1) is 14.5.